The third-order valence-corrected chi connectivity index (χ3v) is 4.24. The van der Waals surface area contributed by atoms with E-state index in [-0.39, 0.29) is 0 Å². The lowest BCUT2D eigenvalue weighted by Gasteiger charge is -2.29. The SMILES string of the molecule is CCC1CCC(Nc2cc(OC)ccc2C(=O)O)CC1. The lowest BCUT2D eigenvalue weighted by atomic mass is 9.84. The van der Waals surface area contributed by atoms with Crippen LogP contribution in [0.1, 0.15) is 49.4 Å². The molecule has 0 aliphatic heterocycles. The Morgan fingerprint density at radius 1 is 1.35 bits per heavy atom. The van der Waals surface area contributed by atoms with E-state index in [9.17, 15) is 9.90 Å². The molecule has 0 heterocycles. The molecule has 0 bridgehead atoms. The minimum atomic E-state index is -0.905. The van der Waals surface area contributed by atoms with E-state index in [0.29, 0.717) is 23.0 Å². The third-order valence-electron chi connectivity index (χ3n) is 4.24. The summed E-state index contributed by atoms with van der Waals surface area (Å²) >= 11 is 0. The van der Waals surface area contributed by atoms with Crippen LogP contribution in [0.2, 0.25) is 0 Å². The number of benzene rings is 1. The third kappa shape index (κ3) is 3.44. The molecule has 1 saturated carbocycles. The van der Waals surface area contributed by atoms with Crippen molar-refractivity contribution >= 4 is 11.7 Å². The van der Waals surface area contributed by atoms with Gasteiger partial charge in [-0.2, -0.15) is 0 Å². The molecule has 2 rings (SSSR count). The van der Waals surface area contributed by atoms with Gasteiger partial charge in [0.25, 0.3) is 0 Å². The molecule has 1 aliphatic carbocycles. The normalized spacial score (nSPS) is 22.3. The van der Waals surface area contributed by atoms with Gasteiger partial charge in [0.15, 0.2) is 0 Å². The molecule has 0 aromatic heterocycles. The second-order valence-corrected chi connectivity index (χ2v) is 5.49. The first-order valence-electron chi connectivity index (χ1n) is 7.32. The van der Waals surface area contributed by atoms with Gasteiger partial charge in [0, 0.05) is 12.1 Å². The maximum Gasteiger partial charge on any atom is 0.337 e. The fourth-order valence-corrected chi connectivity index (χ4v) is 2.89. The molecule has 1 aliphatic rings. The van der Waals surface area contributed by atoms with Gasteiger partial charge in [-0.15, -0.1) is 0 Å². The number of hydrogen-bond donors (Lipinski definition) is 2. The largest absolute Gasteiger partial charge is 0.497 e. The van der Waals surface area contributed by atoms with Gasteiger partial charge in [-0.25, -0.2) is 4.79 Å². The summed E-state index contributed by atoms with van der Waals surface area (Å²) in [4.78, 5) is 11.3. The van der Waals surface area contributed by atoms with Crippen molar-refractivity contribution in [1.82, 2.24) is 0 Å². The smallest absolute Gasteiger partial charge is 0.337 e. The highest BCUT2D eigenvalue weighted by molar-refractivity contribution is 5.94. The molecule has 0 atom stereocenters. The maximum atomic E-state index is 11.3. The Morgan fingerprint density at radius 3 is 2.60 bits per heavy atom. The predicted octanol–water partition coefficient (Wildman–Crippen LogP) is 3.77. The van der Waals surface area contributed by atoms with Crippen molar-refractivity contribution < 1.29 is 14.6 Å². The Labute approximate surface area is 120 Å². The van der Waals surface area contributed by atoms with Gasteiger partial charge in [0.1, 0.15) is 5.75 Å². The molecular weight excluding hydrogens is 254 g/mol. The van der Waals surface area contributed by atoms with Crippen LogP contribution in [0, 0.1) is 5.92 Å². The van der Waals surface area contributed by atoms with E-state index in [1.165, 1.54) is 19.3 Å². The van der Waals surface area contributed by atoms with Gasteiger partial charge in [0.05, 0.1) is 18.4 Å². The van der Waals surface area contributed by atoms with Crippen molar-refractivity contribution in [3.8, 4) is 5.75 Å². The zero-order valence-corrected chi connectivity index (χ0v) is 12.2. The van der Waals surface area contributed by atoms with Gasteiger partial charge in [0.2, 0.25) is 0 Å². The summed E-state index contributed by atoms with van der Waals surface area (Å²) in [6, 6.07) is 5.42. The van der Waals surface area contributed by atoms with Crippen LogP contribution >= 0.6 is 0 Å². The van der Waals surface area contributed by atoms with Crippen molar-refractivity contribution in [2.24, 2.45) is 5.92 Å². The van der Waals surface area contributed by atoms with E-state index in [1.807, 2.05) is 0 Å². The van der Waals surface area contributed by atoms with Crippen LogP contribution < -0.4 is 10.1 Å². The Balaban J connectivity index is 2.09. The molecule has 1 aromatic rings. The molecule has 4 heteroatoms. The second-order valence-electron chi connectivity index (χ2n) is 5.49. The Bertz CT molecular complexity index is 465. The Kier molecular flexibility index (Phi) is 4.88. The molecule has 0 spiro atoms. The van der Waals surface area contributed by atoms with E-state index in [4.69, 9.17) is 4.74 Å². The number of hydrogen-bond acceptors (Lipinski definition) is 3. The first-order valence-corrected chi connectivity index (χ1v) is 7.32. The van der Waals surface area contributed by atoms with Crippen LogP contribution in [0.25, 0.3) is 0 Å². The number of aromatic carboxylic acids is 1. The van der Waals surface area contributed by atoms with Crippen LogP contribution in [-0.4, -0.2) is 24.2 Å². The summed E-state index contributed by atoms with van der Waals surface area (Å²) in [5, 5.41) is 12.6. The zero-order valence-electron chi connectivity index (χ0n) is 12.2. The highest BCUT2D eigenvalue weighted by atomic mass is 16.5. The van der Waals surface area contributed by atoms with E-state index < -0.39 is 5.97 Å². The standard InChI is InChI=1S/C16H23NO3/c1-3-11-4-6-12(7-5-11)17-15-10-13(20-2)8-9-14(15)16(18)19/h8-12,17H,3-7H2,1-2H3,(H,18,19). The van der Waals surface area contributed by atoms with Crippen LogP contribution in [0.15, 0.2) is 18.2 Å². The molecule has 1 fully saturated rings. The number of carboxylic acids is 1. The number of methoxy groups -OCH3 is 1. The van der Waals surface area contributed by atoms with Gasteiger partial charge in [-0.3, -0.25) is 0 Å². The lowest BCUT2D eigenvalue weighted by molar-refractivity contribution is 0.0698. The number of ether oxygens (including phenoxy) is 1. The highest BCUT2D eigenvalue weighted by Gasteiger charge is 2.21. The van der Waals surface area contributed by atoms with Gasteiger partial charge >= 0.3 is 5.97 Å². The average molecular weight is 277 g/mol. The number of nitrogens with one attached hydrogen (secondary N) is 1. The number of rotatable bonds is 5. The number of carboxylic acid groups (broad SMARTS) is 1. The van der Waals surface area contributed by atoms with E-state index in [2.05, 4.69) is 12.2 Å². The lowest BCUT2D eigenvalue weighted by Crippen LogP contribution is -2.26. The average Bonchev–Trinajstić information content (AvgIpc) is 2.47. The Hall–Kier alpha value is -1.71. The van der Waals surface area contributed by atoms with Crippen molar-refractivity contribution in [2.45, 2.75) is 45.1 Å². The quantitative estimate of drug-likeness (QED) is 0.860. The summed E-state index contributed by atoms with van der Waals surface area (Å²) < 4.78 is 5.18. The molecule has 0 unspecified atom stereocenters. The molecular formula is C16H23NO3. The molecule has 4 nitrogen and oxygen atoms in total. The molecule has 0 amide bonds. The number of anilines is 1. The second kappa shape index (κ2) is 6.64. The molecule has 0 radical (unpaired) electrons. The van der Waals surface area contributed by atoms with Gasteiger partial charge in [-0.05, 0) is 43.7 Å². The van der Waals surface area contributed by atoms with Crippen molar-refractivity contribution in [3.63, 3.8) is 0 Å². The topological polar surface area (TPSA) is 58.6 Å². The maximum absolute atomic E-state index is 11.3. The van der Waals surface area contributed by atoms with Crippen LogP contribution in [-0.2, 0) is 0 Å². The van der Waals surface area contributed by atoms with Crippen LogP contribution in [0.5, 0.6) is 5.75 Å². The minimum Gasteiger partial charge on any atom is -0.497 e. The van der Waals surface area contributed by atoms with Crippen molar-refractivity contribution in [3.05, 3.63) is 23.8 Å². The summed E-state index contributed by atoms with van der Waals surface area (Å²) in [6.07, 6.45) is 5.90. The summed E-state index contributed by atoms with van der Waals surface area (Å²) in [6.45, 7) is 2.24. The Morgan fingerprint density at radius 2 is 2.05 bits per heavy atom. The monoisotopic (exact) mass is 277 g/mol. The summed E-state index contributed by atoms with van der Waals surface area (Å²) in [7, 11) is 1.59. The number of carbonyl (C=O) groups is 1. The molecule has 110 valence electrons. The van der Waals surface area contributed by atoms with Gasteiger partial charge in [-0.1, -0.05) is 13.3 Å². The molecule has 1 aromatic carbocycles. The van der Waals surface area contributed by atoms with Gasteiger partial charge < -0.3 is 15.2 Å². The molecule has 20 heavy (non-hydrogen) atoms. The first kappa shape index (κ1) is 14.7. The fourth-order valence-electron chi connectivity index (χ4n) is 2.89. The minimum absolute atomic E-state index is 0.309. The summed E-state index contributed by atoms with van der Waals surface area (Å²) in [5.41, 5.74) is 0.972. The zero-order chi connectivity index (χ0) is 14.5. The molecule has 2 N–H and O–H groups in total. The van der Waals surface area contributed by atoms with Crippen molar-refractivity contribution in [2.75, 3.05) is 12.4 Å². The summed E-state index contributed by atoms with van der Waals surface area (Å²) in [5.74, 6) is 0.606. The van der Waals surface area contributed by atoms with E-state index in [0.717, 1.165) is 18.8 Å². The van der Waals surface area contributed by atoms with Crippen LogP contribution in [0.3, 0.4) is 0 Å². The van der Waals surface area contributed by atoms with E-state index in [1.54, 1.807) is 25.3 Å². The van der Waals surface area contributed by atoms with Crippen LogP contribution in [0.4, 0.5) is 5.69 Å². The molecule has 0 saturated heterocycles. The first-order chi connectivity index (χ1) is 9.63. The predicted molar refractivity (Wildman–Crippen MR) is 79.6 cm³/mol. The van der Waals surface area contributed by atoms with Crippen molar-refractivity contribution in [1.29, 1.82) is 0 Å². The highest BCUT2D eigenvalue weighted by Crippen LogP contribution is 2.30. The van der Waals surface area contributed by atoms with E-state index >= 15 is 0 Å². The fraction of sp³-hybridized carbons (Fsp3) is 0.562.